The molecule has 0 radical (unpaired) electrons. The first-order valence-electron chi connectivity index (χ1n) is 10.3. The summed E-state index contributed by atoms with van der Waals surface area (Å²) in [6.45, 7) is 1.46. The number of benzene rings is 3. The number of ether oxygens (including phenoxy) is 1. The third-order valence-electron chi connectivity index (χ3n) is 4.91. The number of hydrogen-bond donors (Lipinski definition) is 1. The molecule has 174 valence electrons. The number of amides is 1. The van der Waals surface area contributed by atoms with Crippen molar-refractivity contribution in [2.45, 2.75) is 11.8 Å². The van der Waals surface area contributed by atoms with Gasteiger partial charge >= 0.3 is 0 Å². The zero-order valence-corrected chi connectivity index (χ0v) is 19.3. The molecular formula is C24H22N4O5S. The summed E-state index contributed by atoms with van der Waals surface area (Å²) in [5.41, 5.74) is 1.64. The largest absolute Gasteiger partial charge is 0.484 e. The van der Waals surface area contributed by atoms with Crippen LogP contribution in [0.15, 0.2) is 88.3 Å². The number of sulfonamides is 1. The van der Waals surface area contributed by atoms with Crippen LogP contribution in [0.25, 0.3) is 11.4 Å². The molecule has 1 heterocycles. The van der Waals surface area contributed by atoms with E-state index >= 15 is 0 Å². The van der Waals surface area contributed by atoms with Crippen molar-refractivity contribution in [1.29, 1.82) is 0 Å². The summed E-state index contributed by atoms with van der Waals surface area (Å²) in [6.07, 6.45) is 0. The van der Waals surface area contributed by atoms with Crippen LogP contribution in [0, 0.1) is 6.92 Å². The van der Waals surface area contributed by atoms with Gasteiger partial charge in [-0.05, 0) is 54.6 Å². The normalized spacial score (nSPS) is 11.1. The van der Waals surface area contributed by atoms with Crippen molar-refractivity contribution in [2.75, 3.05) is 23.3 Å². The fourth-order valence-electron chi connectivity index (χ4n) is 3.13. The van der Waals surface area contributed by atoms with E-state index in [-0.39, 0.29) is 11.5 Å². The van der Waals surface area contributed by atoms with Gasteiger partial charge in [-0.3, -0.25) is 9.10 Å². The van der Waals surface area contributed by atoms with Crippen LogP contribution in [0.2, 0.25) is 0 Å². The highest BCUT2D eigenvalue weighted by Gasteiger charge is 2.21. The SMILES string of the molecule is Cc1nc(-c2ccc(OCC(=O)Nc3cccc(S(=O)(=O)N(C)c4ccccc4)c3)cc2)no1. The van der Waals surface area contributed by atoms with E-state index in [1.54, 1.807) is 67.6 Å². The van der Waals surface area contributed by atoms with E-state index in [2.05, 4.69) is 15.5 Å². The number of hydrogen-bond acceptors (Lipinski definition) is 7. The van der Waals surface area contributed by atoms with Crippen molar-refractivity contribution in [1.82, 2.24) is 10.1 Å². The smallest absolute Gasteiger partial charge is 0.264 e. The lowest BCUT2D eigenvalue weighted by Crippen LogP contribution is -2.26. The van der Waals surface area contributed by atoms with Crippen LogP contribution in [-0.2, 0) is 14.8 Å². The van der Waals surface area contributed by atoms with Crippen molar-refractivity contribution < 1.29 is 22.5 Å². The molecule has 0 saturated heterocycles. The maximum atomic E-state index is 13.0. The summed E-state index contributed by atoms with van der Waals surface area (Å²) in [5.74, 6) is 0.994. The Labute approximate surface area is 197 Å². The first-order chi connectivity index (χ1) is 16.3. The van der Waals surface area contributed by atoms with Crippen LogP contribution in [0.4, 0.5) is 11.4 Å². The number of carbonyl (C=O) groups excluding carboxylic acids is 1. The number of aryl methyl sites for hydroxylation is 1. The Bertz CT molecular complexity index is 1390. The Balaban J connectivity index is 1.38. The Hall–Kier alpha value is -4.18. The van der Waals surface area contributed by atoms with Gasteiger partial charge in [-0.15, -0.1) is 0 Å². The molecule has 0 atom stereocenters. The molecule has 0 saturated carbocycles. The molecule has 34 heavy (non-hydrogen) atoms. The van der Waals surface area contributed by atoms with Crippen molar-refractivity contribution in [3.63, 3.8) is 0 Å². The van der Waals surface area contributed by atoms with Gasteiger partial charge in [0.05, 0.1) is 10.6 Å². The number of aromatic nitrogens is 2. The molecule has 0 spiro atoms. The molecule has 4 rings (SSSR count). The topological polar surface area (TPSA) is 115 Å². The number of para-hydroxylation sites is 1. The zero-order chi connectivity index (χ0) is 24.1. The van der Waals surface area contributed by atoms with Gasteiger partial charge in [0.1, 0.15) is 5.75 Å². The molecule has 3 aromatic carbocycles. The van der Waals surface area contributed by atoms with Gasteiger partial charge in [-0.25, -0.2) is 8.42 Å². The summed E-state index contributed by atoms with van der Waals surface area (Å²) < 4.78 is 37.7. The van der Waals surface area contributed by atoms with Gasteiger partial charge in [0, 0.05) is 25.2 Å². The van der Waals surface area contributed by atoms with E-state index in [0.717, 1.165) is 5.56 Å². The zero-order valence-electron chi connectivity index (χ0n) is 18.5. The number of anilines is 2. The summed E-state index contributed by atoms with van der Waals surface area (Å²) >= 11 is 0. The van der Waals surface area contributed by atoms with E-state index in [1.807, 2.05) is 6.07 Å². The number of carbonyl (C=O) groups is 1. The molecule has 1 N–H and O–H groups in total. The second-order valence-corrected chi connectivity index (χ2v) is 9.30. The summed E-state index contributed by atoms with van der Waals surface area (Å²) in [6, 6.07) is 21.7. The van der Waals surface area contributed by atoms with Crippen LogP contribution < -0.4 is 14.4 Å². The minimum atomic E-state index is -3.80. The van der Waals surface area contributed by atoms with Crippen molar-refractivity contribution >= 4 is 27.3 Å². The number of nitrogens with zero attached hydrogens (tertiary/aromatic N) is 3. The van der Waals surface area contributed by atoms with Crippen LogP contribution in [-0.4, -0.2) is 38.1 Å². The van der Waals surface area contributed by atoms with Crippen LogP contribution in [0.3, 0.4) is 0 Å². The molecule has 0 aliphatic heterocycles. The van der Waals surface area contributed by atoms with Crippen molar-refractivity contribution in [3.8, 4) is 17.1 Å². The molecule has 0 aliphatic rings. The Kier molecular flexibility index (Phi) is 6.60. The molecule has 9 nitrogen and oxygen atoms in total. The average molecular weight is 479 g/mol. The van der Waals surface area contributed by atoms with Gasteiger partial charge < -0.3 is 14.6 Å². The molecule has 0 bridgehead atoms. The highest BCUT2D eigenvalue weighted by molar-refractivity contribution is 7.92. The van der Waals surface area contributed by atoms with E-state index in [0.29, 0.717) is 28.8 Å². The quantitative estimate of drug-likeness (QED) is 0.409. The molecular weight excluding hydrogens is 456 g/mol. The molecule has 10 heteroatoms. The Morgan fingerprint density at radius 2 is 1.76 bits per heavy atom. The third-order valence-corrected chi connectivity index (χ3v) is 6.69. The number of rotatable bonds is 8. The average Bonchev–Trinajstić information content (AvgIpc) is 3.29. The van der Waals surface area contributed by atoms with Gasteiger partial charge in [-0.2, -0.15) is 4.98 Å². The Morgan fingerprint density at radius 1 is 1.03 bits per heavy atom. The molecule has 0 aliphatic carbocycles. The third kappa shape index (κ3) is 5.24. The molecule has 1 aromatic heterocycles. The minimum Gasteiger partial charge on any atom is -0.484 e. The van der Waals surface area contributed by atoms with Gasteiger partial charge in [-0.1, -0.05) is 29.4 Å². The summed E-state index contributed by atoms with van der Waals surface area (Å²) in [5, 5.41) is 6.52. The van der Waals surface area contributed by atoms with Gasteiger partial charge in [0.15, 0.2) is 6.61 Å². The first-order valence-corrected chi connectivity index (χ1v) is 11.7. The number of nitrogens with one attached hydrogen (secondary N) is 1. The van der Waals surface area contributed by atoms with Crippen LogP contribution >= 0.6 is 0 Å². The fraction of sp³-hybridized carbons (Fsp3) is 0.125. The van der Waals surface area contributed by atoms with Gasteiger partial charge in [0.25, 0.3) is 15.9 Å². The summed E-state index contributed by atoms with van der Waals surface area (Å²) in [7, 11) is -2.32. The van der Waals surface area contributed by atoms with Gasteiger partial charge in [0.2, 0.25) is 11.7 Å². The standard InChI is InChI=1S/C24H22N4O5S/c1-17-25-24(27-33-17)18-11-13-21(14-12-18)32-16-23(29)26-19-7-6-10-22(15-19)34(30,31)28(2)20-8-4-3-5-9-20/h3-15H,16H2,1-2H3,(H,26,29). The maximum absolute atomic E-state index is 13.0. The Morgan fingerprint density at radius 3 is 2.44 bits per heavy atom. The van der Waals surface area contributed by atoms with Crippen molar-refractivity contribution in [3.05, 3.63) is 84.8 Å². The molecule has 1 amide bonds. The maximum Gasteiger partial charge on any atom is 0.264 e. The highest BCUT2D eigenvalue weighted by atomic mass is 32.2. The van der Waals surface area contributed by atoms with E-state index in [4.69, 9.17) is 9.26 Å². The molecule has 0 unspecified atom stereocenters. The van der Waals surface area contributed by atoms with Crippen LogP contribution in [0.5, 0.6) is 5.75 Å². The molecule has 4 aromatic rings. The van der Waals surface area contributed by atoms with E-state index in [9.17, 15) is 13.2 Å². The summed E-state index contributed by atoms with van der Waals surface area (Å²) in [4.78, 5) is 16.6. The van der Waals surface area contributed by atoms with Crippen molar-refractivity contribution in [2.24, 2.45) is 0 Å². The minimum absolute atomic E-state index is 0.0601. The lowest BCUT2D eigenvalue weighted by molar-refractivity contribution is -0.118. The fourth-order valence-corrected chi connectivity index (χ4v) is 4.37. The second-order valence-electron chi connectivity index (χ2n) is 7.33. The van der Waals surface area contributed by atoms with E-state index < -0.39 is 15.9 Å². The second kappa shape index (κ2) is 9.75. The van der Waals surface area contributed by atoms with Crippen LogP contribution in [0.1, 0.15) is 5.89 Å². The molecule has 0 fully saturated rings. The first kappa shape index (κ1) is 23.0. The lowest BCUT2D eigenvalue weighted by Gasteiger charge is -2.19. The predicted octanol–water partition coefficient (Wildman–Crippen LogP) is 3.89. The predicted molar refractivity (Wildman–Crippen MR) is 127 cm³/mol. The van der Waals surface area contributed by atoms with E-state index in [1.165, 1.54) is 23.5 Å². The monoisotopic (exact) mass is 478 g/mol. The highest BCUT2D eigenvalue weighted by Crippen LogP contribution is 2.24. The lowest BCUT2D eigenvalue weighted by atomic mass is 10.2.